The number of aliphatic hydroxyl groups excluding tert-OH is 1. The second kappa shape index (κ2) is 8.75. The lowest BCUT2D eigenvalue weighted by atomic mass is 10.0. The average Bonchev–Trinajstić information content (AvgIpc) is 2.41. The van der Waals surface area contributed by atoms with Gasteiger partial charge in [0, 0.05) is 18.3 Å². The summed E-state index contributed by atoms with van der Waals surface area (Å²) in [5.41, 5.74) is 0.343. The van der Waals surface area contributed by atoms with Crippen LogP contribution in [0.15, 0.2) is 18.2 Å². The average molecular weight is 337 g/mol. The molecule has 1 aromatic carbocycles. The fraction of sp³-hybridized carbons (Fsp3) is 0.500. The van der Waals surface area contributed by atoms with E-state index >= 15 is 0 Å². The van der Waals surface area contributed by atoms with Crippen LogP contribution in [0.3, 0.4) is 0 Å². The van der Waals surface area contributed by atoms with Crippen LogP contribution in [0.25, 0.3) is 0 Å². The smallest absolute Gasteiger partial charge is 0.387 e. The van der Waals surface area contributed by atoms with Gasteiger partial charge in [0.1, 0.15) is 5.75 Å². The summed E-state index contributed by atoms with van der Waals surface area (Å²) >= 11 is 5.80. The summed E-state index contributed by atoms with van der Waals surface area (Å²) < 4.78 is 28.5. The second-order valence-electron chi connectivity index (χ2n) is 4.98. The van der Waals surface area contributed by atoms with E-state index in [9.17, 15) is 13.6 Å². The largest absolute Gasteiger partial charge is 0.433 e. The molecule has 1 rings (SSSR count). The van der Waals surface area contributed by atoms with Gasteiger partial charge in [-0.25, -0.2) is 4.79 Å². The number of rotatable bonds is 7. The molecule has 0 aliphatic rings. The summed E-state index contributed by atoms with van der Waals surface area (Å²) in [6.07, 6.45) is 0.438. The lowest BCUT2D eigenvalue weighted by Crippen LogP contribution is -2.41. The lowest BCUT2D eigenvalue weighted by Gasteiger charge is -2.21. The van der Waals surface area contributed by atoms with Gasteiger partial charge in [-0.1, -0.05) is 25.4 Å². The molecule has 8 heteroatoms. The number of amides is 2. The second-order valence-corrected chi connectivity index (χ2v) is 5.39. The van der Waals surface area contributed by atoms with Gasteiger partial charge in [-0.05, 0) is 30.5 Å². The molecule has 0 spiro atoms. The van der Waals surface area contributed by atoms with Crippen molar-refractivity contribution in [2.24, 2.45) is 5.92 Å². The van der Waals surface area contributed by atoms with E-state index in [-0.39, 0.29) is 29.3 Å². The Morgan fingerprint density at radius 2 is 2.09 bits per heavy atom. The minimum atomic E-state index is -2.97. The lowest BCUT2D eigenvalue weighted by molar-refractivity contribution is -0.0497. The van der Waals surface area contributed by atoms with Crippen LogP contribution in [0.1, 0.15) is 20.3 Å². The van der Waals surface area contributed by atoms with E-state index in [4.69, 9.17) is 16.7 Å². The first-order chi connectivity index (χ1) is 10.3. The van der Waals surface area contributed by atoms with E-state index < -0.39 is 12.6 Å². The van der Waals surface area contributed by atoms with Gasteiger partial charge >= 0.3 is 12.6 Å². The number of benzene rings is 1. The highest BCUT2D eigenvalue weighted by atomic mass is 35.5. The van der Waals surface area contributed by atoms with Crippen molar-refractivity contribution in [1.29, 1.82) is 0 Å². The zero-order valence-electron chi connectivity index (χ0n) is 12.3. The summed E-state index contributed by atoms with van der Waals surface area (Å²) in [5.74, 6) is -0.00809. The molecule has 2 amide bonds. The van der Waals surface area contributed by atoms with Gasteiger partial charge in [-0.15, -0.1) is 0 Å². The van der Waals surface area contributed by atoms with Gasteiger partial charge < -0.3 is 20.5 Å². The molecule has 124 valence electrons. The van der Waals surface area contributed by atoms with Crippen molar-refractivity contribution in [3.05, 3.63) is 23.2 Å². The molecule has 1 unspecified atom stereocenters. The van der Waals surface area contributed by atoms with Crippen molar-refractivity contribution in [3.63, 3.8) is 0 Å². The summed E-state index contributed by atoms with van der Waals surface area (Å²) in [6, 6.07) is 3.32. The highest BCUT2D eigenvalue weighted by Crippen LogP contribution is 2.28. The molecule has 0 bridgehead atoms. The number of carbonyl (C=O) groups excluding carboxylic acids is 1. The number of alkyl halides is 2. The first-order valence-corrected chi connectivity index (χ1v) is 7.14. The predicted octanol–water partition coefficient (Wildman–Crippen LogP) is 3.47. The molecule has 1 aromatic rings. The minimum absolute atomic E-state index is 0.0331. The van der Waals surface area contributed by atoms with Crippen LogP contribution >= 0.6 is 11.6 Å². The molecule has 0 fully saturated rings. The number of hydrogen-bond acceptors (Lipinski definition) is 3. The third kappa shape index (κ3) is 6.03. The normalized spacial score (nSPS) is 12.4. The molecular weight excluding hydrogens is 318 g/mol. The van der Waals surface area contributed by atoms with Crippen LogP contribution in [0.4, 0.5) is 19.3 Å². The van der Waals surface area contributed by atoms with E-state index in [1.54, 1.807) is 0 Å². The quantitative estimate of drug-likeness (QED) is 0.714. The zero-order valence-corrected chi connectivity index (χ0v) is 13.0. The number of aliphatic hydroxyl groups is 1. The number of hydrogen-bond donors (Lipinski definition) is 3. The van der Waals surface area contributed by atoms with Crippen molar-refractivity contribution in [2.45, 2.75) is 32.9 Å². The number of anilines is 1. The number of urea groups is 1. The van der Waals surface area contributed by atoms with Crippen molar-refractivity contribution in [1.82, 2.24) is 5.32 Å². The van der Waals surface area contributed by atoms with Crippen molar-refractivity contribution in [2.75, 3.05) is 11.9 Å². The van der Waals surface area contributed by atoms with Crippen LogP contribution in [0, 0.1) is 5.92 Å². The van der Waals surface area contributed by atoms with E-state index in [0.717, 1.165) is 0 Å². The standard InChI is InChI=1S/C14H19ClF2N2O3/c1-8(2)11(5-6-20)19-14(21)18-9-3-4-12(10(15)7-9)22-13(16)17/h3-4,7-8,11,13,20H,5-6H2,1-2H3,(H2,18,19,21). The molecule has 22 heavy (non-hydrogen) atoms. The maximum absolute atomic E-state index is 12.1. The minimum Gasteiger partial charge on any atom is -0.433 e. The molecular formula is C14H19ClF2N2O3. The van der Waals surface area contributed by atoms with E-state index in [1.807, 2.05) is 13.8 Å². The molecule has 0 aliphatic heterocycles. The number of halogens is 3. The monoisotopic (exact) mass is 336 g/mol. The number of nitrogens with one attached hydrogen (secondary N) is 2. The summed E-state index contributed by atoms with van der Waals surface area (Å²) in [7, 11) is 0. The van der Waals surface area contributed by atoms with Gasteiger partial charge in [0.15, 0.2) is 0 Å². The number of ether oxygens (including phenoxy) is 1. The fourth-order valence-electron chi connectivity index (χ4n) is 1.82. The Labute approximate surface area is 132 Å². The van der Waals surface area contributed by atoms with Gasteiger partial charge in [0.2, 0.25) is 0 Å². The summed E-state index contributed by atoms with van der Waals surface area (Å²) in [4.78, 5) is 11.9. The van der Waals surface area contributed by atoms with Gasteiger partial charge in [0.25, 0.3) is 0 Å². The molecule has 5 nitrogen and oxygen atoms in total. The first kappa shape index (κ1) is 18.4. The summed E-state index contributed by atoms with van der Waals surface area (Å²) in [6.45, 7) is 0.848. The molecule has 0 aromatic heterocycles. The van der Waals surface area contributed by atoms with Crippen LogP contribution in [0.2, 0.25) is 5.02 Å². The first-order valence-electron chi connectivity index (χ1n) is 6.76. The Balaban J connectivity index is 2.66. The number of carbonyl (C=O) groups is 1. The molecule has 3 N–H and O–H groups in total. The Kier molecular flexibility index (Phi) is 7.34. The van der Waals surface area contributed by atoms with Gasteiger partial charge in [-0.2, -0.15) is 8.78 Å². The predicted molar refractivity (Wildman–Crippen MR) is 80.6 cm³/mol. The molecule has 1 atom stereocenters. The Hall–Kier alpha value is -1.60. The molecule has 0 saturated carbocycles. The maximum atomic E-state index is 12.1. The highest BCUT2D eigenvalue weighted by molar-refractivity contribution is 6.32. The Morgan fingerprint density at radius 1 is 1.41 bits per heavy atom. The van der Waals surface area contributed by atoms with Gasteiger partial charge in [0.05, 0.1) is 5.02 Å². The van der Waals surface area contributed by atoms with Gasteiger partial charge in [-0.3, -0.25) is 0 Å². The van der Waals surface area contributed by atoms with E-state index in [1.165, 1.54) is 18.2 Å². The Bertz CT molecular complexity index is 501. The SMILES string of the molecule is CC(C)C(CCO)NC(=O)Nc1ccc(OC(F)F)c(Cl)c1. The Morgan fingerprint density at radius 3 is 2.59 bits per heavy atom. The van der Waals surface area contributed by atoms with Crippen LogP contribution in [-0.4, -0.2) is 30.4 Å². The zero-order chi connectivity index (χ0) is 16.7. The molecule has 0 heterocycles. The van der Waals surface area contributed by atoms with Crippen molar-refractivity contribution in [3.8, 4) is 5.75 Å². The fourth-order valence-corrected chi connectivity index (χ4v) is 2.04. The summed E-state index contributed by atoms with van der Waals surface area (Å²) in [5, 5.41) is 14.2. The van der Waals surface area contributed by atoms with Crippen LogP contribution < -0.4 is 15.4 Å². The van der Waals surface area contributed by atoms with Crippen LogP contribution in [0.5, 0.6) is 5.75 Å². The topological polar surface area (TPSA) is 70.6 Å². The van der Waals surface area contributed by atoms with E-state index in [2.05, 4.69) is 15.4 Å². The van der Waals surface area contributed by atoms with Crippen molar-refractivity contribution >= 4 is 23.3 Å². The van der Waals surface area contributed by atoms with E-state index in [0.29, 0.717) is 12.1 Å². The molecule has 0 radical (unpaired) electrons. The molecule has 0 aliphatic carbocycles. The van der Waals surface area contributed by atoms with Crippen LogP contribution in [-0.2, 0) is 0 Å². The van der Waals surface area contributed by atoms with Crippen molar-refractivity contribution < 1.29 is 23.4 Å². The highest BCUT2D eigenvalue weighted by Gasteiger charge is 2.16. The third-order valence-electron chi connectivity index (χ3n) is 2.97. The maximum Gasteiger partial charge on any atom is 0.387 e. The third-order valence-corrected chi connectivity index (χ3v) is 3.26. The molecule has 0 saturated heterocycles.